The van der Waals surface area contributed by atoms with Crippen molar-refractivity contribution in [1.82, 2.24) is 5.32 Å². The fourth-order valence-electron chi connectivity index (χ4n) is 2.82. The van der Waals surface area contributed by atoms with Crippen LogP contribution in [0.1, 0.15) is 24.2 Å². The van der Waals surface area contributed by atoms with Crippen molar-refractivity contribution in [3.05, 3.63) is 69.2 Å². The Morgan fingerprint density at radius 1 is 1.21 bits per heavy atom. The van der Waals surface area contributed by atoms with Gasteiger partial charge in [0.1, 0.15) is 12.6 Å². The zero-order chi connectivity index (χ0) is 24.5. The molecule has 0 aliphatic rings. The lowest BCUT2D eigenvalue weighted by Gasteiger charge is -2.23. The smallest absolute Gasteiger partial charge is 0.329 e. The number of amides is 2. The van der Waals surface area contributed by atoms with Gasteiger partial charge in [-0.3, -0.25) is 24.6 Å². The molecule has 2 aromatic rings. The van der Waals surface area contributed by atoms with Crippen molar-refractivity contribution >= 4 is 40.8 Å². The second kappa shape index (κ2) is 11.6. The molecule has 0 bridgehead atoms. The Balaban J connectivity index is 2.08. The molecule has 0 radical (unpaired) electrons. The number of anilines is 1. The topological polar surface area (TPSA) is 143 Å². The molecule has 172 valence electrons. The summed E-state index contributed by atoms with van der Waals surface area (Å²) in [6.07, 6.45) is 0. The van der Waals surface area contributed by atoms with Crippen LogP contribution in [0.3, 0.4) is 0 Å². The molecule has 0 spiro atoms. The molecule has 33 heavy (non-hydrogen) atoms. The zero-order valence-electron chi connectivity index (χ0n) is 17.9. The van der Waals surface area contributed by atoms with Crippen LogP contribution in [0.5, 0.6) is 0 Å². The Morgan fingerprint density at radius 3 is 2.42 bits per heavy atom. The number of nitro benzene ring substituents is 1. The number of rotatable bonds is 9. The summed E-state index contributed by atoms with van der Waals surface area (Å²) in [5.74, 6) is -2.59. The minimum atomic E-state index is -1.11. The van der Waals surface area contributed by atoms with Crippen LogP contribution in [0.25, 0.3) is 0 Å². The molecule has 0 saturated heterocycles. The Labute approximate surface area is 194 Å². The first-order chi connectivity index (χ1) is 15.6. The van der Waals surface area contributed by atoms with Gasteiger partial charge in [0, 0.05) is 17.8 Å². The molecule has 0 saturated carbocycles. The Bertz CT molecular complexity index is 1080. The summed E-state index contributed by atoms with van der Waals surface area (Å²) in [6, 6.07) is 12.6. The largest absolute Gasteiger partial charge is 0.454 e. The van der Waals surface area contributed by atoms with E-state index in [-0.39, 0.29) is 22.8 Å². The number of para-hydroxylation sites is 1. The molecule has 11 heteroatoms. The van der Waals surface area contributed by atoms with Gasteiger partial charge < -0.3 is 10.1 Å². The average Bonchev–Trinajstić information content (AvgIpc) is 2.79. The highest BCUT2D eigenvalue weighted by molar-refractivity contribution is 6.34. The molecule has 1 N–H and O–H groups in total. The summed E-state index contributed by atoms with van der Waals surface area (Å²) < 4.78 is 5.12. The first kappa shape index (κ1) is 25.3. The highest BCUT2D eigenvalue weighted by atomic mass is 35.5. The Hall–Kier alpha value is -3.97. The highest BCUT2D eigenvalue weighted by Gasteiger charge is 2.28. The molecule has 1 atom stereocenters. The van der Waals surface area contributed by atoms with Crippen molar-refractivity contribution in [2.75, 3.05) is 18.1 Å². The van der Waals surface area contributed by atoms with Crippen molar-refractivity contribution in [3.8, 4) is 6.07 Å². The maximum absolute atomic E-state index is 12.6. The number of esters is 1. The molecular weight excluding hydrogens is 452 g/mol. The van der Waals surface area contributed by atoms with Gasteiger partial charge in [-0.15, -0.1) is 0 Å². The molecule has 0 aliphatic heterocycles. The molecule has 0 heterocycles. The van der Waals surface area contributed by atoms with Gasteiger partial charge in [-0.2, -0.15) is 5.26 Å². The minimum absolute atomic E-state index is 0.0546. The number of hydrogen-bond acceptors (Lipinski definition) is 7. The van der Waals surface area contributed by atoms with Crippen LogP contribution in [-0.2, 0) is 14.3 Å². The maximum Gasteiger partial charge on any atom is 0.329 e. The summed E-state index contributed by atoms with van der Waals surface area (Å²) in [6.45, 7) is 2.46. The molecular formula is C22H21ClN4O6. The van der Waals surface area contributed by atoms with Crippen molar-refractivity contribution < 1.29 is 24.0 Å². The van der Waals surface area contributed by atoms with E-state index in [1.54, 1.807) is 44.2 Å². The summed E-state index contributed by atoms with van der Waals surface area (Å²) in [4.78, 5) is 49.1. The van der Waals surface area contributed by atoms with Gasteiger partial charge in [-0.1, -0.05) is 43.6 Å². The molecule has 10 nitrogen and oxygen atoms in total. The number of carbonyl (C=O) groups is 3. The van der Waals surface area contributed by atoms with Crippen molar-refractivity contribution in [1.29, 1.82) is 5.26 Å². The normalized spacial score (nSPS) is 11.2. The standard InChI is InChI=1S/C22H21ClN4O6/c1-14(2)20(25-21(29)17-9-8-16(27(31)32)12-18(17)23)22(30)33-13-19(28)26(11-10-24)15-6-4-3-5-7-15/h3-9,12,14,20H,11,13H2,1-2H3,(H,25,29). The predicted molar refractivity (Wildman–Crippen MR) is 120 cm³/mol. The van der Waals surface area contributed by atoms with Crippen molar-refractivity contribution in [2.45, 2.75) is 19.9 Å². The first-order valence-corrected chi connectivity index (χ1v) is 10.2. The Kier molecular flexibility index (Phi) is 8.89. The number of hydrogen-bond donors (Lipinski definition) is 1. The molecule has 0 aliphatic carbocycles. The number of halogens is 1. The van der Waals surface area contributed by atoms with Gasteiger partial charge in [-0.05, 0) is 24.1 Å². The van der Waals surface area contributed by atoms with E-state index in [2.05, 4.69) is 5.32 Å². The number of ether oxygens (including phenoxy) is 1. The summed E-state index contributed by atoms with van der Waals surface area (Å²) in [7, 11) is 0. The van der Waals surface area contributed by atoms with Crippen LogP contribution >= 0.6 is 11.6 Å². The number of nitrogens with zero attached hydrogens (tertiary/aromatic N) is 3. The SMILES string of the molecule is CC(C)C(NC(=O)c1ccc([N+](=O)[O-])cc1Cl)C(=O)OCC(=O)N(CC#N)c1ccccc1. The van der Waals surface area contributed by atoms with Crippen LogP contribution in [-0.4, -0.2) is 41.9 Å². The number of benzene rings is 2. The molecule has 0 aromatic heterocycles. The quantitative estimate of drug-likeness (QED) is 0.255. The van der Waals surface area contributed by atoms with Crippen LogP contribution < -0.4 is 10.2 Å². The van der Waals surface area contributed by atoms with E-state index in [0.717, 1.165) is 12.1 Å². The van der Waals surface area contributed by atoms with Crippen LogP contribution in [0.2, 0.25) is 5.02 Å². The summed E-state index contributed by atoms with van der Waals surface area (Å²) in [5.41, 5.74) is 0.137. The minimum Gasteiger partial charge on any atom is -0.454 e. The van der Waals surface area contributed by atoms with Crippen LogP contribution in [0.15, 0.2) is 48.5 Å². The van der Waals surface area contributed by atoms with Gasteiger partial charge >= 0.3 is 5.97 Å². The third-order valence-corrected chi connectivity index (χ3v) is 4.86. The number of nitro groups is 1. The number of carbonyl (C=O) groups excluding carboxylic acids is 3. The second-order valence-corrected chi connectivity index (χ2v) is 7.60. The third-order valence-electron chi connectivity index (χ3n) is 4.55. The van der Waals surface area contributed by atoms with E-state index in [1.807, 2.05) is 6.07 Å². The second-order valence-electron chi connectivity index (χ2n) is 7.20. The highest BCUT2D eigenvalue weighted by Crippen LogP contribution is 2.23. The lowest BCUT2D eigenvalue weighted by Crippen LogP contribution is -2.46. The van der Waals surface area contributed by atoms with Gasteiger partial charge in [0.15, 0.2) is 6.61 Å². The van der Waals surface area contributed by atoms with E-state index in [0.29, 0.717) is 5.69 Å². The van der Waals surface area contributed by atoms with E-state index < -0.39 is 41.3 Å². The third kappa shape index (κ3) is 6.75. The zero-order valence-corrected chi connectivity index (χ0v) is 18.6. The van der Waals surface area contributed by atoms with E-state index in [4.69, 9.17) is 21.6 Å². The molecule has 1 unspecified atom stereocenters. The lowest BCUT2D eigenvalue weighted by atomic mass is 10.0. The van der Waals surface area contributed by atoms with Gasteiger partial charge in [-0.25, -0.2) is 4.79 Å². The molecule has 2 aromatic carbocycles. The fraction of sp³-hybridized carbons (Fsp3) is 0.273. The first-order valence-electron chi connectivity index (χ1n) is 9.79. The monoisotopic (exact) mass is 472 g/mol. The summed E-state index contributed by atoms with van der Waals surface area (Å²) >= 11 is 5.98. The molecule has 0 fully saturated rings. The Morgan fingerprint density at radius 2 is 1.88 bits per heavy atom. The number of non-ortho nitro benzene ring substituents is 1. The molecule has 2 rings (SSSR count). The number of nitriles is 1. The number of nitrogens with one attached hydrogen (secondary N) is 1. The average molecular weight is 473 g/mol. The fourth-order valence-corrected chi connectivity index (χ4v) is 3.08. The molecule has 2 amide bonds. The lowest BCUT2D eigenvalue weighted by molar-refractivity contribution is -0.384. The van der Waals surface area contributed by atoms with Gasteiger partial charge in [0.05, 0.1) is 21.6 Å². The van der Waals surface area contributed by atoms with Gasteiger partial charge in [0.2, 0.25) is 0 Å². The van der Waals surface area contributed by atoms with Crippen molar-refractivity contribution in [2.24, 2.45) is 5.92 Å². The van der Waals surface area contributed by atoms with Crippen LogP contribution in [0.4, 0.5) is 11.4 Å². The van der Waals surface area contributed by atoms with Gasteiger partial charge in [0.25, 0.3) is 17.5 Å². The van der Waals surface area contributed by atoms with E-state index in [9.17, 15) is 24.5 Å². The summed E-state index contributed by atoms with van der Waals surface area (Å²) in [5, 5.41) is 22.2. The maximum atomic E-state index is 12.6. The van der Waals surface area contributed by atoms with E-state index in [1.165, 1.54) is 11.0 Å². The van der Waals surface area contributed by atoms with Crippen LogP contribution in [0, 0.1) is 27.4 Å². The van der Waals surface area contributed by atoms with E-state index >= 15 is 0 Å². The predicted octanol–water partition coefficient (Wildman–Crippen LogP) is 3.10. The van der Waals surface area contributed by atoms with Crippen molar-refractivity contribution in [3.63, 3.8) is 0 Å².